The molecule has 2 aliphatic carbocycles. The number of esters is 1. The predicted octanol–water partition coefficient (Wildman–Crippen LogP) is 5.53. The molecular weight excluding hydrogens is 348 g/mol. The van der Waals surface area contributed by atoms with Gasteiger partial charge in [0, 0.05) is 0 Å². The first-order valence-corrected chi connectivity index (χ1v) is 10.5. The van der Waals surface area contributed by atoms with Crippen molar-refractivity contribution in [1.82, 2.24) is 0 Å². The first-order valence-electron chi connectivity index (χ1n) is 10.5. The number of hydrogen-bond acceptors (Lipinski definition) is 3. The smallest absolute Gasteiger partial charge is 0.309 e. The van der Waals surface area contributed by atoms with Gasteiger partial charge in [-0.1, -0.05) is 65.8 Å². The molecule has 0 aliphatic heterocycles. The van der Waals surface area contributed by atoms with Gasteiger partial charge in [-0.3, -0.25) is 4.79 Å². The second kappa shape index (κ2) is 7.24. The topological polar surface area (TPSA) is 46.5 Å². The molecular formula is C25H36O3. The first-order chi connectivity index (χ1) is 12.9. The van der Waals surface area contributed by atoms with Crippen molar-refractivity contribution in [3.05, 3.63) is 41.0 Å². The number of benzene rings is 1. The highest BCUT2D eigenvalue weighted by atomic mass is 16.5. The number of phenolic OH excluding ortho intramolecular Hbond substituents is 1. The van der Waals surface area contributed by atoms with E-state index in [1.165, 1.54) is 13.5 Å². The standard InChI is InChI=1S/C25H36O3/c1-24(2,3)20-13-16(14-21(22(20)26)25(4,5)6)12-19(23(27)28-7)18-11-15-8-9-17(18)10-15/h8-9,13-15,17-19,26H,10-12H2,1-7H3. The van der Waals surface area contributed by atoms with E-state index in [-0.39, 0.29) is 22.7 Å². The highest BCUT2D eigenvalue weighted by Gasteiger charge is 2.43. The van der Waals surface area contributed by atoms with Gasteiger partial charge in [-0.2, -0.15) is 0 Å². The lowest BCUT2D eigenvalue weighted by molar-refractivity contribution is -0.147. The Kier molecular flexibility index (Phi) is 5.42. The molecule has 2 aliphatic rings. The average Bonchev–Trinajstić information content (AvgIpc) is 3.21. The Bertz CT molecular complexity index is 741. The van der Waals surface area contributed by atoms with Gasteiger partial charge in [0.2, 0.25) is 0 Å². The van der Waals surface area contributed by atoms with Crippen LogP contribution >= 0.6 is 0 Å². The molecule has 0 radical (unpaired) electrons. The fourth-order valence-electron chi connectivity index (χ4n) is 5.06. The second-order valence-electron chi connectivity index (χ2n) is 10.8. The minimum atomic E-state index is -0.171. The van der Waals surface area contributed by atoms with Gasteiger partial charge in [0.1, 0.15) is 5.75 Å². The molecule has 0 saturated heterocycles. The normalized spacial score (nSPS) is 25.2. The van der Waals surface area contributed by atoms with Crippen LogP contribution in [0.5, 0.6) is 5.75 Å². The summed E-state index contributed by atoms with van der Waals surface area (Å²) in [7, 11) is 1.50. The summed E-state index contributed by atoms with van der Waals surface area (Å²) in [5.41, 5.74) is 2.68. The van der Waals surface area contributed by atoms with Gasteiger partial charge in [0.15, 0.2) is 0 Å². The summed E-state index contributed by atoms with van der Waals surface area (Å²) in [6.45, 7) is 12.7. The van der Waals surface area contributed by atoms with Gasteiger partial charge < -0.3 is 9.84 Å². The molecule has 3 heteroatoms. The molecule has 3 rings (SSSR count). The second-order valence-corrected chi connectivity index (χ2v) is 10.8. The van der Waals surface area contributed by atoms with Gasteiger partial charge in [-0.25, -0.2) is 0 Å². The van der Waals surface area contributed by atoms with E-state index in [0.29, 0.717) is 29.9 Å². The molecule has 2 bridgehead atoms. The molecule has 4 atom stereocenters. The Hall–Kier alpha value is -1.77. The maximum atomic E-state index is 12.7. The van der Waals surface area contributed by atoms with Gasteiger partial charge in [0.25, 0.3) is 0 Å². The van der Waals surface area contributed by atoms with E-state index in [1.54, 1.807) is 0 Å². The molecule has 3 nitrogen and oxygen atoms in total. The van der Waals surface area contributed by atoms with E-state index in [0.717, 1.165) is 23.1 Å². The number of aromatic hydroxyl groups is 1. The van der Waals surface area contributed by atoms with Crippen LogP contribution in [0.1, 0.15) is 71.1 Å². The Morgan fingerprint density at radius 3 is 2.04 bits per heavy atom. The van der Waals surface area contributed by atoms with E-state index >= 15 is 0 Å². The molecule has 1 aromatic rings. The number of phenols is 1. The summed E-state index contributed by atoms with van der Waals surface area (Å²) in [6.07, 6.45) is 7.53. The molecule has 1 fully saturated rings. The summed E-state index contributed by atoms with van der Waals surface area (Å²) in [5, 5.41) is 11.0. The van der Waals surface area contributed by atoms with Crippen LogP contribution in [0.25, 0.3) is 0 Å². The molecule has 1 N–H and O–H groups in total. The van der Waals surface area contributed by atoms with E-state index in [2.05, 4.69) is 65.8 Å². The highest BCUT2D eigenvalue weighted by Crippen LogP contribution is 2.48. The lowest BCUT2D eigenvalue weighted by Gasteiger charge is -2.30. The van der Waals surface area contributed by atoms with Gasteiger partial charge >= 0.3 is 5.97 Å². The number of methoxy groups -OCH3 is 1. The zero-order valence-electron chi connectivity index (χ0n) is 18.5. The van der Waals surface area contributed by atoms with Crippen molar-refractivity contribution in [2.24, 2.45) is 23.7 Å². The number of carbonyl (C=O) groups excluding carboxylic acids is 1. The average molecular weight is 385 g/mol. The molecule has 154 valence electrons. The zero-order chi connectivity index (χ0) is 20.9. The van der Waals surface area contributed by atoms with Crippen molar-refractivity contribution in [1.29, 1.82) is 0 Å². The van der Waals surface area contributed by atoms with Crippen LogP contribution in [0.15, 0.2) is 24.3 Å². The van der Waals surface area contributed by atoms with Crippen molar-refractivity contribution >= 4 is 5.97 Å². The minimum Gasteiger partial charge on any atom is -0.507 e. The minimum absolute atomic E-state index is 0.103. The maximum absolute atomic E-state index is 12.7. The largest absolute Gasteiger partial charge is 0.507 e. The number of fused-ring (bicyclic) bond motifs is 2. The molecule has 0 aromatic heterocycles. The summed E-state index contributed by atoms with van der Waals surface area (Å²) in [6, 6.07) is 4.20. The fraction of sp³-hybridized carbons (Fsp3) is 0.640. The molecule has 4 unspecified atom stereocenters. The van der Waals surface area contributed by atoms with Crippen molar-refractivity contribution < 1.29 is 14.6 Å². The zero-order valence-corrected chi connectivity index (χ0v) is 18.5. The van der Waals surface area contributed by atoms with Crippen molar-refractivity contribution in [3.8, 4) is 5.75 Å². The summed E-state index contributed by atoms with van der Waals surface area (Å²) < 4.78 is 5.21. The maximum Gasteiger partial charge on any atom is 0.309 e. The lowest BCUT2D eigenvalue weighted by Crippen LogP contribution is -2.30. The number of rotatable bonds is 4. The van der Waals surface area contributed by atoms with Crippen molar-refractivity contribution in [2.75, 3.05) is 7.11 Å². The third-order valence-corrected chi connectivity index (χ3v) is 6.59. The number of hydrogen-bond donors (Lipinski definition) is 1. The number of allylic oxidation sites excluding steroid dienone is 2. The molecule has 0 spiro atoms. The van der Waals surface area contributed by atoms with Crippen LogP contribution < -0.4 is 0 Å². The van der Waals surface area contributed by atoms with Gasteiger partial charge in [-0.05, 0) is 64.5 Å². The Labute approximate surface area is 170 Å². The Morgan fingerprint density at radius 1 is 1.07 bits per heavy atom. The third kappa shape index (κ3) is 3.99. The molecule has 1 aromatic carbocycles. The van der Waals surface area contributed by atoms with Crippen molar-refractivity contribution in [3.63, 3.8) is 0 Å². The SMILES string of the molecule is COC(=O)C(Cc1cc(C(C)(C)C)c(O)c(C(C)(C)C)c1)C1CC2C=CC1C2. The molecule has 1 saturated carbocycles. The van der Waals surface area contributed by atoms with E-state index in [1.807, 2.05) is 0 Å². The monoisotopic (exact) mass is 384 g/mol. The highest BCUT2D eigenvalue weighted by molar-refractivity contribution is 5.73. The predicted molar refractivity (Wildman–Crippen MR) is 114 cm³/mol. The van der Waals surface area contributed by atoms with Gasteiger partial charge in [-0.15, -0.1) is 0 Å². The van der Waals surface area contributed by atoms with Crippen LogP contribution in [0, 0.1) is 23.7 Å². The first kappa shape index (κ1) is 21.0. The Morgan fingerprint density at radius 2 is 1.64 bits per heavy atom. The quantitative estimate of drug-likeness (QED) is 0.548. The van der Waals surface area contributed by atoms with Gasteiger partial charge in [0.05, 0.1) is 13.0 Å². The van der Waals surface area contributed by atoms with Crippen LogP contribution in [0.4, 0.5) is 0 Å². The Balaban J connectivity index is 2.01. The third-order valence-electron chi connectivity index (χ3n) is 6.59. The van der Waals surface area contributed by atoms with E-state index in [4.69, 9.17) is 4.74 Å². The molecule has 0 heterocycles. The molecule has 0 amide bonds. The van der Waals surface area contributed by atoms with E-state index < -0.39 is 0 Å². The summed E-state index contributed by atoms with van der Waals surface area (Å²) >= 11 is 0. The van der Waals surface area contributed by atoms with Crippen LogP contribution in [0.2, 0.25) is 0 Å². The van der Waals surface area contributed by atoms with Crippen LogP contribution in [-0.4, -0.2) is 18.2 Å². The number of carbonyl (C=O) groups is 1. The lowest BCUT2D eigenvalue weighted by atomic mass is 9.75. The van der Waals surface area contributed by atoms with E-state index in [9.17, 15) is 9.90 Å². The summed E-state index contributed by atoms with van der Waals surface area (Å²) in [4.78, 5) is 12.7. The summed E-state index contributed by atoms with van der Waals surface area (Å²) in [5.74, 6) is 1.63. The van der Waals surface area contributed by atoms with Crippen LogP contribution in [0.3, 0.4) is 0 Å². The fourth-order valence-corrected chi connectivity index (χ4v) is 5.06. The van der Waals surface area contributed by atoms with Crippen molar-refractivity contribution in [2.45, 2.75) is 71.6 Å². The number of ether oxygens (including phenoxy) is 1. The van der Waals surface area contributed by atoms with Crippen LogP contribution in [-0.2, 0) is 26.8 Å². The molecule has 28 heavy (non-hydrogen) atoms.